The number of sulfonamides is 1. The van der Waals surface area contributed by atoms with Gasteiger partial charge >= 0.3 is 24.2 Å². The van der Waals surface area contributed by atoms with Gasteiger partial charge in [-0.05, 0) is 43.7 Å². The molecular weight excluding hydrogens is 812 g/mol. The van der Waals surface area contributed by atoms with Crippen LogP contribution >= 0.6 is 23.2 Å². The average molecular weight is 844 g/mol. The Balaban J connectivity index is 0.000000291. The van der Waals surface area contributed by atoms with E-state index in [4.69, 9.17) is 37.4 Å². The highest BCUT2D eigenvalue weighted by Gasteiger charge is 2.29. The highest BCUT2D eigenvalue weighted by molar-refractivity contribution is 7.93. The highest BCUT2D eigenvalue weighted by Crippen LogP contribution is 2.26. The number of amides is 2. The molecule has 294 valence electrons. The number of nitrogens with one attached hydrogen (secondary N) is 2. The second kappa shape index (κ2) is 18.4. The lowest BCUT2D eigenvalue weighted by Gasteiger charge is -2.12. The molecule has 0 saturated carbocycles. The molecule has 3 aromatic heterocycles. The van der Waals surface area contributed by atoms with Gasteiger partial charge in [0.15, 0.2) is 20.7 Å². The van der Waals surface area contributed by atoms with E-state index in [9.17, 15) is 44.4 Å². The Kier molecular flexibility index (Phi) is 14.8. The van der Waals surface area contributed by atoms with Gasteiger partial charge in [0.2, 0.25) is 17.7 Å². The Bertz CT molecular complexity index is 2270. The summed E-state index contributed by atoms with van der Waals surface area (Å²) in [5, 5.41) is 3.82. The summed E-state index contributed by atoms with van der Waals surface area (Å²) in [6, 6.07) is 4.50. The predicted octanol–water partition coefficient (Wildman–Crippen LogP) is 3.44. The number of hydrogen-bond donors (Lipinski definition) is 2. The van der Waals surface area contributed by atoms with Gasteiger partial charge in [-0.1, -0.05) is 18.5 Å². The first-order chi connectivity index (χ1) is 25.3. The molecule has 0 bridgehead atoms. The van der Waals surface area contributed by atoms with Crippen molar-refractivity contribution in [2.24, 2.45) is 0 Å². The van der Waals surface area contributed by atoms with Crippen molar-refractivity contribution < 1.29 is 53.8 Å². The zero-order valence-corrected chi connectivity index (χ0v) is 31.9. The van der Waals surface area contributed by atoms with E-state index < -0.39 is 65.2 Å². The number of benzene rings is 1. The largest absolute Gasteiger partial charge is 0.481 e. The Morgan fingerprint density at radius 2 is 1.67 bits per heavy atom. The summed E-state index contributed by atoms with van der Waals surface area (Å²) in [6.07, 6.45) is 0.979. The molecule has 0 saturated heterocycles. The minimum absolute atomic E-state index is 0.0424. The Hall–Kier alpha value is -5.00. The van der Waals surface area contributed by atoms with Crippen molar-refractivity contribution >= 4 is 61.0 Å². The number of anilines is 1. The maximum atomic E-state index is 14.2. The van der Waals surface area contributed by atoms with Gasteiger partial charge in [-0.3, -0.25) is 10.1 Å². The lowest BCUT2D eigenvalue weighted by atomic mass is 10.1. The fourth-order valence-electron chi connectivity index (χ4n) is 4.20. The quantitative estimate of drug-likeness (QED) is 0.145. The van der Waals surface area contributed by atoms with Gasteiger partial charge < -0.3 is 14.2 Å². The van der Waals surface area contributed by atoms with Crippen LogP contribution in [0.2, 0.25) is 5.02 Å². The van der Waals surface area contributed by atoms with Crippen LogP contribution in [-0.4, -0.2) is 90.1 Å². The number of aryl methyl sites for hydroxylation is 1. The molecule has 0 aliphatic heterocycles. The van der Waals surface area contributed by atoms with Crippen molar-refractivity contribution in [2.45, 2.75) is 49.0 Å². The summed E-state index contributed by atoms with van der Waals surface area (Å²) in [5.74, 6) is -2.44. The van der Waals surface area contributed by atoms with E-state index in [1.165, 1.54) is 40.2 Å². The molecule has 0 aliphatic carbocycles. The van der Waals surface area contributed by atoms with E-state index in [1.807, 2.05) is 0 Å². The molecule has 2 amide bonds. The van der Waals surface area contributed by atoms with E-state index in [0.717, 1.165) is 24.4 Å². The first-order valence-electron chi connectivity index (χ1n) is 15.0. The Morgan fingerprint density at radius 3 is 2.20 bits per heavy atom. The molecule has 4 aromatic rings. The maximum Gasteiger partial charge on any atom is 0.355 e. The molecule has 25 heteroatoms. The third-order valence-electron chi connectivity index (χ3n) is 6.72. The molecular formula is C29H31Cl2F3N8O10S2. The van der Waals surface area contributed by atoms with E-state index in [-0.39, 0.29) is 63.2 Å². The molecule has 2 N–H and O–H groups in total. The molecule has 1 aromatic carbocycles. The smallest absolute Gasteiger partial charge is 0.355 e. The summed E-state index contributed by atoms with van der Waals surface area (Å²) in [5.41, 5.74) is -1.37. The van der Waals surface area contributed by atoms with Crippen molar-refractivity contribution in [1.29, 1.82) is 0 Å². The van der Waals surface area contributed by atoms with Gasteiger partial charge in [-0.15, -0.1) is 16.7 Å². The number of pyridine rings is 1. The first-order valence-corrected chi connectivity index (χ1v) is 19.0. The highest BCUT2D eigenvalue weighted by atomic mass is 35.5. The molecule has 1 atom stereocenters. The van der Waals surface area contributed by atoms with Gasteiger partial charge in [0, 0.05) is 17.6 Å². The van der Waals surface area contributed by atoms with E-state index in [0.29, 0.717) is 4.68 Å². The number of halogens is 5. The van der Waals surface area contributed by atoms with Gasteiger partial charge in [-0.2, -0.15) is 31.8 Å². The number of methoxy groups -OCH3 is 2. The van der Waals surface area contributed by atoms with Crippen molar-refractivity contribution in [2.75, 3.05) is 31.9 Å². The van der Waals surface area contributed by atoms with Crippen LogP contribution in [0.25, 0.3) is 5.69 Å². The topological polar surface area (TPSA) is 233 Å². The van der Waals surface area contributed by atoms with Crippen LogP contribution < -0.4 is 25.2 Å². The summed E-state index contributed by atoms with van der Waals surface area (Å²) < 4.78 is 106. The molecule has 54 heavy (non-hydrogen) atoms. The van der Waals surface area contributed by atoms with Crippen LogP contribution in [0.15, 0.2) is 51.2 Å². The molecule has 3 heterocycles. The number of nitrogens with zero attached hydrogens (tertiary/aromatic N) is 6. The molecule has 1 unspecified atom stereocenters. The predicted molar refractivity (Wildman–Crippen MR) is 185 cm³/mol. The third kappa shape index (κ3) is 10.6. The summed E-state index contributed by atoms with van der Waals surface area (Å²) in [4.78, 5) is 46.5. The van der Waals surface area contributed by atoms with Crippen LogP contribution in [-0.2, 0) is 35.8 Å². The normalized spacial score (nSPS) is 12.0. The number of aromatic nitrogens is 6. The van der Waals surface area contributed by atoms with Crippen molar-refractivity contribution in [3.05, 3.63) is 69.2 Å². The zero-order valence-electron chi connectivity index (χ0n) is 28.7. The Morgan fingerprint density at radius 1 is 1.04 bits per heavy atom. The van der Waals surface area contributed by atoms with E-state index in [2.05, 4.69) is 25.4 Å². The number of esters is 1. The van der Waals surface area contributed by atoms with E-state index >= 15 is 0 Å². The Labute approximate surface area is 315 Å². The number of sulfone groups is 1. The van der Waals surface area contributed by atoms with Crippen molar-refractivity contribution in [1.82, 2.24) is 34.0 Å². The second-order valence-corrected chi connectivity index (χ2v) is 15.0. The number of rotatable bonds is 13. The molecule has 0 aliphatic rings. The van der Waals surface area contributed by atoms with E-state index in [1.54, 1.807) is 11.6 Å². The fourth-order valence-corrected chi connectivity index (χ4v) is 7.21. The molecule has 0 spiro atoms. The van der Waals surface area contributed by atoms with Crippen molar-refractivity contribution in [3.8, 4) is 17.4 Å². The lowest BCUT2D eigenvalue weighted by molar-refractivity contribution is -0.142. The standard InChI is InChI=1S/C15H14Cl2F3N3O3.C14H17N5O7S2/c1-3-26-13(24)10(17)4-8-5-12(11(18)6-9(8)16)23-15(25)22(14(19)20)7(2)21-23;1-4-27(21,22)9-6-5-7-15-12(9)28(23,24)19-14(20)18-13-16-10(25-2)8-11(17-13)26-3/h5-6,10,14H,3-4H2,1-2H3;5-8H,4H2,1-3H3,(H2,16,17,18,19,20). The minimum Gasteiger partial charge on any atom is -0.481 e. The SMILES string of the molecule is CCOC(=O)C(Cl)Cc1cc(-n2nc(C)n(C(F)F)c2=O)c(F)cc1Cl.CCS(=O)(=O)c1cccnc1S(=O)(=O)NC(=O)Nc1nc(OC)cc(OC)n1. The molecule has 0 fully saturated rings. The third-order valence-corrected chi connectivity index (χ3v) is 10.6. The number of ether oxygens (including phenoxy) is 3. The monoisotopic (exact) mass is 842 g/mol. The number of urea groups is 1. The van der Waals surface area contributed by atoms with Gasteiger partial charge in [0.25, 0.3) is 10.0 Å². The first kappa shape index (κ1) is 43.4. The number of carbonyl (C=O) groups is 2. The van der Waals surface area contributed by atoms with Crippen LogP contribution in [0.1, 0.15) is 31.8 Å². The van der Waals surface area contributed by atoms with Crippen molar-refractivity contribution in [3.63, 3.8) is 0 Å². The maximum absolute atomic E-state index is 14.2. The molecule has 18 nitrogen and oxygen atoms in total. The van der Waals surface area contributed by atoms with Crippen LogP contribution in [0.5, 0.6) is 11.8 Å². The van der Waals surface area contributed by atoms with Crippen LogP contribution in [0.4, 0.5) is 23.9 Å². The number of carbonyl (C=O) groups excluding carboxylic acids is 2. The zero-order chi connectivity index (χ0) is 40.5. The minimum atomic E-state index is -4.61. The molecule has 4 rings (SSSR count). The van der Waals surface area contributed by atoms with Gasteiger partial charge in [0.05, 0.1) is 32.6 Å². The summed E-state index contributed by atoms with van der Waals surface area (Å²) >= 11 is 11.9. The number of alkyl halides is 3. The van der Waals surface area contributed by atoms with Crippen LogP contribution in [0.3, 0.4) is 0 Å². The summed E-state index contributed by atoms with van der Waals surface area (Å²) in [7, 11) is -5.85. The summed E-state index contributed by atoms with van der Waals surface area (Å²) in [6.45, 7) is 1.16. The average Bonchev–Trinajstić information content (AvgIpc) is 3.42. The van der Waals surface area contributed by atoms with Gasteiger partial charge in [-0.25, -0.2) is 36.7 Å². The second-order valence-electron chi connectivity index (χ2n) is 10.3. The lowest BCUT2D eigenvalue weighted by Crippen LogP contribution is -2.36. The molecule has 0 radical (unpaired) electrons. The number of hydrogen-bond acceptors (Lipinski definition) is 14. The van der Waals surface area contributed by atoms with Crippen LogP contribution in [0, 0.1) is 12.7 Å². The van der Waals surface area contributed by atoms with Gasteiger partial charge in [0.1, 0.15) is 21.8 Å². The fraction of sp³-hybridized carbons (Fsp3) is 0.345.